The summed E-state index contributed by atoms with van der Waals surface area (Å²) in [5.74, 6) is -0.780. The molecule has 5 heteroatoms. The molecule has 0 aromatic heterocycles. The third kappa shape index (κ3) is 2.88. The Labute approximate surface area is 173 Å². The second kappa shape index (κ2) is 7.21. The van der Waals surface area contributed by atoms with Crippen molar-refractivity contribution in [1.82, 2.24) is 4.90 Å². The van der Waals surface area contributed by atoms with Crippen molar-refractivity contribution in [2.45, 2.75) is 12.0 Å². The third-order valence-corrected chi connectivity index (χ3v) is 5.26. The van der Waals surface area contributed by atoms with Gasteiger partial charge in [0.05, 0.1) is 17.3 Å². The van der Waals surface area contributed by atoms with E-state index >= 15 is 0 Å². The average molecular weight is 394 g/mol. The lowest BCUT2D eigenvalue weighted by Gasteiger charge is -2.34. The minimum atomic E-state index is -1.40. The number of carbonyl (C=O) groups is 2. The van der Waals surface area contributed by atoms with Gasteiger partial charge in [-0.25, -0.2) is 4.90 Å². The van der Waals surface area contributed by atoms with Crippen LogP contribution in [-0.2, 0) is 10.5 Å². The molecule has 2 atom stereocenters. The lowest BCUT2D eigenvalue weighted by atomic mass is 10.0. The Bertz CT molecular complexity index is 1140. The standard InChI is InChI=1S/C25H18N2O3/c28-23-20-13-7-8-14-21(20)24(29)27(23)25(19-11-5-2-6-12-19)17-26-22(30-25)16-15-18-9-3-1-4-10-18/h1-17,22H/t22-,25-/m1/s1. The number of amides is 2. The van der Waals surface area contributed by atoms with Crippen LogP contribution < -0.4 is 0 Å². The van der Waals surface area contributed by atoms with Crippen LogP contribution in [0.4, 0.5) is 0 Å². The molecule has 0 radical (unpaired) electrons. The van der Waals surface area contributed by atoms with Gasteiger partial charge in [0.15, 0.2) is 6.23 Å². The lowest BCUT2D eigenvalue weighted by molar-refractivity contribution is -0.0802. The first-order chi connectivity index (χ1) is 14.7. The van der Waals surface area contributed by atoms with Crippen molar-refractivity contribution < 1.29 is 14.3 Å². The molecule has 0 bridgehead atoms. The molecule has 0 unspecified atom stereocenters. The summed E-state index contributed by atoms with van der Waals surface area (Å²) in [5, 5.41) is 0. The molecule has 0 fully saturated rings. The summed E-state index contributed by atoms with van der Waals surface area (Å²) in [6.45, 7) is 0. The summed E-state index contributed by atoms with van der Waals surface area (Å²) >= 11 is 0. The van der Waals surface area contributed by atoms with Gasteiger partial charge in [-0.2, -0.15) is 0 Å². The monoisotopic (exact) mass is 394 g/mol. The molecule has 0 N–H and O–H groups in total. The van der Waals surface area contributed by atoms with E-state index in [1.54, 1.807) is 30.5 Å². The van der Waals surface area contributed by atoms with E-state index < -0.39 is 23.8 Å². The molecular formula is C25H18N2O3. The van der Waals surface area contributed by atoms with Crippen LogP contribution in [0, 0.1) is 0 Å². The number of nitrogens with zero attached hydrogens (tertiary/aromatic N) is 2. The van der Waals surface area contributed by atoms with Crippen LogP contribution in [0.5, 0.6) is 0 Å². The Kier molecular flexibility index (Phi) is 4.38. The number of hydrogen-bond donors (Lipinski definition) is 0. The van der Waals surface area contributed by atoms with Gasteiger partial charge >= 0.3 is 0 Å². The van der Waals surface area contributed by atoms with Crippen molar-refractivity contribution in [3.05, 3.63) is 113 Å². The van der Waals surface area contributed by atoms with Gasteiger partial charge in [-0.3, -0.25) is 14.6 Å². The fourth-order valence-corrected chi connectivity index (χ4v) is 3.82. The third-order valence-electron chi connectivity index (χ3n) is 5.26. The first kappa shape index (κ1) is 18.2. The van der Waals surface area contributed by atoms with Crippen LogP contribution in [0.25, 0.3) is 6.08 Å². The van der Waals surface area contributed by atoms with E-state index in [4.69, 9.17) is 4.74 Å². The quantitative estimate of drug-likeness (QED) is 0.621. The molecule has 2 aliphatic heterocycles. The van der Waals surface area contributed by atoms with Gasteiger partial charge in [0, 0.05) is 5.56 Å². The minimum Gasteiger partial charge on any atom is -0.317 e. The topological polar surface area (TPSA) is 59.0 Å². The van der Waals surface area contributed by atoms with Gasteiger partial charge in [0.2, 0.25) is 5.72 Å². The average Bonchev–Trinajstić information content (AvgIpc) is 3.34. The Balaban J connectivity index is 1.54. The molecule has 0 aliphatic carbocycles. The van der Waals surface area contributed by atoms with E-state index in [2.05, 4.69) is 4.99 Å². The molecule has 2 heterocycles. The van der Waals surface area contributed by atoms with Crippen molar-refractivity contribution in [2.24, 2.45) is 4.99 Å². The summed E-state index contributed by atoms with van der Waals surface area (Å²) in [6, 6.07) is 25.8. The molecule has 5 rings (SSSR count). The Morgan fingerprint density at radius 1 is 0.800 bits per heavy atom. The molecular weight excluding hydrogens is 376 g/mol. The second-order valence-corrected chi connectivity index (χ2v) is 7.11. The Morgan fingerprint density at radius 3 is 2.00 bits per heavy atom. The molecule has 2 amide bonds. The number of hydrogen-bond acceptors (Lipinski definition) is 4. The van der Waals surface area contributed by atoms with Crippen molar-refractivity contribution in [3.8, 4) is 0 Å². The van der Waals surface area contributed by atoms with Gasteiger partial charge in [0.1, 0.15) is 0 Å². The summed E-state index contributed by atoms with van der Waals surface area (Å²) in [6.07, 6.45) is 4.65. The first-order valence-electron chi connectivity index (χ1n) is 9.68. The van der Waals surface area contributed by atoms with E-state index in [1.807, 2.05) is 72.8 Å². The molecule has 146 valence electrons. The van der Waals surface area contributed by atoms with Crippen molar-refractivity contribution in [3.63, 3.8) is 0 Å². The first-order valence-corrected chi connectivity index (χ1v) is 9.68. The van der Waals surface area contributed by atoms with Crippen LogP contribution in [0.15, 0.2) is 96.0 Å². The molecule has 3 aromatic rings. The fraction of sp³-hybridized carbons (Fsp3) is 0.0800. The number of benzene rings is 3. The SMILES string of the molecule is O=C1c2ccccc2C(=O)N1[C@]1(c2ccccc2)C=N[C@@H](C=Cc2ccccc2)O1. The van der Waals surface area contributed by atoms with Gasteiger partial charge in [0.25, 0.3) is 11.8 Å². The Morgan fingerprint density at radius 2 is 1.37 bits per heavy atom. The number of imide groups is 1. The number of carbonyl (C=O) groups excluding carboxylic acids is 2. The highest BCUT2D eigenvalue weighted by Gasteiger charge is 2.53. The largest absolute Gasteiger partial charge is 0.317 e. The number of fused-ring (bicyclic) bond motifs is 1. The summed E-state index contributed by atoms with van der Waals surface area (Å²) < 4.78 is 6.29. The zero-order chi connectivity index (χ0) is 20.6. The van der Waals surface area contributed by atoms with E-state index in [-0.39, 0.29) is 0 Å². The normalized spacial score (nSPS) is 22.8. The van der Waals surface area contributed by atoms with Crippen LogP contribution in [0.2, 0.25) is 0 Å². The molecule has 5 nitrogen and oxygen atoms in total. The minimum absolute atomic E-state index is 0.373. The van der Waals surface area contributed by atoms with Crippen molar-refractivity contribution >= 4 is 24.1 Å². The van der Waals surface area contributed by atoms with Crippen LogP contribution in [0.1, 0.15) is 31.8 Å². The van der Waals surface area contributed by atoms with Gasteiger partial charge < -0.3 is 4.74 Å². The number of ether oxygens (including phenoxy) is 1. The molecule has 0 saturated carbocycles. The predicted molar refractivity (Wildman–Crippen MR) is 114 cm³/mol. The summed E-state index contributed by atoms with van der Waals surface area (Å²) in [4.78, 5) is 32.1. The zero-order valence-corrected chi connectivity index (χ0v) is 16.0. The van der Waals surface area contributed by atoms with Gasteiger partial charge in [-0.15, -0.1) is 0 Å². The van der Waals surface area contributed by atoms with Gasteiger partial charge in [-0.05, 0) is 23.8 Å². The molecule has 3 aromatic carbocycles. The van der Waals surface area contributed by atoms with Gasteiger partial charge in [-0.1, -0.05) is 78.9 Å². The fourth-order valence-electron chi connectivity index (χ4n) is 3.82. The van der Waals surface area contributed by atoms with Crippen LogP contribution >= 0.6 is 0 Å². The molecule has 0 spiro atoms. The lowest BCUT2D eigenvalue weighted by Crippen LogP contribution is -2.51. The second-order valence-electron chi connectivity index (χ2n) is 7.11. The molecule has 30 heavy (non-hydrogen) atoms. The van der Waals surface area contributed by atoms with Crippen LogP contribution in [0.3, 0.4) is 0 Å². The highest BCUT2D eigenvalue weighted by molar-refractivity contribution is 6.22. The smallest absolute Gasteiger partial charge is 0.264 e. The Hall–Kier alpha value is -3.83. The predicted octanol–water partition coefficient (Wildman–Crippen LogP) is 4.28. The molecule has 2 aliphatic rings. The van der Waals surface area contributed by atoms with Crippen molar-refractivity contribution in [1.29, 1.82) is 0 Å². The van der Waals surface area contributed by atoms with E-state index in [1.165, 1.54) is 4.90 Å². The number of rotatable bonds is 4. The number of aliphatic imine (C=N–C) groups is 1. The van der Waals surface area contributed by atoms with E-state index in [0.29, 0.717) is 16.7 Å². The van der Waals surface area contributed by atoms with Crippen LogP contribution in [-0.4, -0.2) is 29.2 Å². The molecule has 0 saturated heterocycles. The van der Waals surface area contributed by atoms with E-state index in [9.17, 15) is 9.59 Å². The summed E-state index contributed by atoms with van der Waals surface area (Å²) in [5.41, 5.74) is 1.02. The maximum atomic E-state index is 13.2. The maximum absolute atomic E-state index is 13.2. The highest BCUT2D eigenvalue weighted by atomic mass is 16.5. The summed E-state index contributed by atoms with van der Waals surface area (Å²) in [7, 11) is 0. The maximum Gasteiger partial charge on any atom is 0.264 e. The zero-order valence-electron chi connectivity index (χ0n) is 16.0. The highest BCUT2D eigenvalue weighted by Crippen LogP contribution is 2.40. The van der Waals surface area contributed by atoms with Crippen molar-refractivity contribution in [2.75, 3.05) is 0 Å². The van der Waals surface area contributed by atoms with E-state index in [0.717, 1.165) is 5.56 Å².